The average Bonchev–Trinajstić information content (AvgIpc) is 2.33. The lowest BCUT2D eigenvalue weighted by atomic mass is 10.2. The molecule has 0 fully saturated rings. The lowest BCUT2D eigenvalue weighted by Crippen LogP contribution is -2.02. The molecule has 0 amide bonds. The quantitative estimate of drug-likeness (QED) is 0.847. The van der Waals surface area contributed by atoms with Crippen LogP contribution < -0.4 is 5.32 Å². The van der Waals surface area contributed by atoms with E-state index in [9.17, 15) is 0 Å². The SMILES string of the molecule is Cc1cccc(Br)c1NC(C#N)=C(C#N)C#N. The number of rotatable bonds is 2. The summed E-state index contributed by atoms with van der Waals surface area (Å²) in [4.78, 5) is 0. The second-order valence-corrected chi connectivity index (χ2v) is 4.00. The average molecular weight is 287 g/mol. The molecule has 1 N–H and O–H groups in total. The van der Waals surface area contributed by atoms with Crippen molar-refractivity contribution in [3.8, 4) is 18.2 Å². The van der Waals surface area contributed by atoms with Crippen LogP contribution in [0.5, 0.6) is 0 Å². The Balaban J connectivity index is 3.25. The number of hydrogen-bond acceptors (Lipinski definition) is 4. The number of halogens is 1. The minimum atomic E-state index is -0.234. The van der Waals surface area contributed by atoms with Gasteiger partial charge in [0.1, 0.15) is 23.9 Å². The molecule has 0 unspecified atom stereocenters. The molecule has 5 heteroatoms. The van der Waals surface area contributed by atoms with Gasteiger partial charge in [-0.1, -0.05) is 12.1 Å². The Hall–Kier alpha value is -2.29. The smallest absolute Gasteiger partial charge is 0.163 e. The third-order valence-corrected chi connectivity index (χ3v) is 2.72. The van der Waals surface area contributed by atoms with E-state index in [4.69, 9.17) is 15.8 Å². The maximum atomic E-state index is 8.91. The second-order valence-electron chi connectivity index (χ2n) is 3.14. The van der Waals surface area contributed by atoms with Gasteiger partial charge in [0.05, 0.1) is 5.69 Å². The van der Waals surface area contributed by atoms with Gasteiger partial charge in [-0.2, -0.15) is 15.8 Å². The van der Waals surface area contributed by atoms with E-state index in [2.05, 4.69) is 21.2 Å². The highest BCUT2D eigenvalue weighted by atomic mass is 79.9. The van der Waals surface area contributed by atoms with Gasteiger partial charge in [0, 0.05) is 4.47 Å². The minimum Gasteiger partial charge on any atom is -0.344 e. The molecule has 0 aliphatic carbocycles. The fraction of sp³-hybridized carbons (Fsp3) is 0.0833. The molecule has 0 saturated heterocycles. The summed E-state index contributed by atoms with van der Waals surface area (Å²) in [6.07, 6.45) is 0. The molecular formula is C12H7BrN4. The Kier molecular flexibility index (Phi) is 4.29. The molecule has 1 aromatic rings. The van der Waals surface area contributed by atoms with Crippen LogP contribution in [0.25, 0.3) is 0 Å². The van der Waals surface area contributed by atoms with Gasteiger partial charge in [0.25, 0.3) is 0 Å². The van der Waals surface area contributed by atoms with Gasteiger partial charge in [-0.25, -0.2) is 0 Å². The molecule has 17 heavy (non-hydrogen) atoms. The van der Waals surface area contributed by atoms with E-state index < -0.39 is 0 Å². The van der Waals surface area contributed by atoms with E-state index in [0.29, 0.717) is 5.69 Å². The Morgan fingerprint density at radius 1 is 1.18 bits per heavy atom. The van der Waals surface area contributed by atoms with Crippen LogP contribution in [0.1, 0.15) is 5.56 Å². The van der Waals surface area contributed by atoms with Crippen LogP contribution >= 0.6 is 15.9 Å². The fourth-order valence-corrected chi connectivity index (χ4v) is 1.76. The van der Waals surface area contributed by atoms with Crippen molar-refractivity contribution < 1.29 is 0 Å². The number of para-hydroxylation sites is 1. The van der Waals surface area contributed by atoms with Gasteiger partial charge in [-0.15, -0.1) is 0 Å². The van der Waals surface area contributed by atoms with Crippen LogP contribution in [-0.2, 0) is 0 Å². The third kappa shape index (κ3) is 2.84. The largest absolute Gasteiger partial charge is 0.344 e. The van der Waals surface area contributed by atoms with Gasteiger partial charge >= 0.3 is 0 Å². The lowest BCUT2D eigenvalue weighted by Gasteiger charge is -2.10. The summed E-state index contributed by atoms with van der Waals surface area (Å²) in [7, 11) is 0. The summed E-state index contributed by atoms with van der Waals surface area (Å²) in [6.45, 7) is 1.86. The molecule has 1 aromatic carbocycles. The Labute approximate surface area is 108 Å². The van der Waals surface area contributed by atoms with Crippen LogP contribution in [-0.4, -0.2) is 0 Å². The Morgan fingerprint density at radius 3 is 2.29 bits per heavy atom. The maximum absolute atomic E-state index is 8.91. The van der Waals surface area contributed by atoms with Crippen LogP contribution in [0.15, 0.2) is 33.9 Å². The Bertz CT molecular complexity index is 560. The summed E-state index contributed by atoms with van der Waals surface area (Å²) in [5, 5.41) is 29.1. The van der Waals surface area contributed by atoms with Crippen molar-refractivity contribution in [3.63, 3.8) is 0 Å². The summed E-state index contributed by atoms with van der Waals surface area (Å²) in [6, 6.07) is 10.7. The van der Waals surface area contributed by atoms with E-state index in [-0.39, 0.29) is 11.3 Å². The predicted molar refractivity (Wildman–Crippen MR) is 66.4 cm³/mol. The molecule has 1 rings (SSSR count). The highest BCUT2D eigenvalue weighted by Gasteiger charge is 2.09. The van der Waals surface area contributed by atoms with Crippen molar-refractivity contribution in [2.45, 2.75) is 6.92 Å². The van der Waals surface area contributed by atoms with Crippen molar-refractivity contribution in [3.05, 3.63) is 39.5 Å². The number of nitrogens with one attached hydrogen (secondary N) is 1. The number of nitrogens with zero attached hydrogens (tertiary/aromatic N) is 3. The van der Waals surface area contributed by atoms with Crippen molar-refractivity contribution >= 4 is 21.6 Å². The monoisotopic (exact) mass is 286 g/mol. The van der Waals surface area contributed by atoms with Gasteiger partial charge in [-0.3, -0.25) is 0 Å². The molecule has 0 bridgehead atoms. The molecule has 0 aromatic heterocycles. The van der Waals surface area contributed by atoms with E-state index in [1.807, 2.05) is 31.2 Å². The van der Waals surface area contributed by atoms with Crippen LogP contribution in [0.2, 0.25) is 0 Å². The normalized spacial score (nSPS) is 8.41. The van der Waals surface area contributed by atoms with Crippen LogP contribution in [0, 0.1) is 40.9 Å². The molecule has 0 radical (unpaired) electrons. The minimum absolute atomic E-state index is 0.0509. The standard InChI is InChI=1S/C12H7BrN4/c1-8-3-2-4-10(13)12(8)17-11(7-16)9(5-14)6-15/h2-4,17H,1H3. The van der Waals surface area contributed by atoms with Crippen molar-refractivity contribution in [2.75, 3.05) is 5.32 Å². The highest BCUT2D eigenvalue weighted by molar-refractivity contribution is 9.10. The number of benzene rings is 1. The second kappa shape index (κ2) is 5.70. The first-order chi connectivity index (χ1) is 8.13. The van der Waals surface area contributed by atoms with E-state index in [1.54, 1.807) is 12.1 Å². The number of nitriles is 3. The zero-order chi connectivity index (χ0) is 12.8. The number of anilines is 1. The molecule has 0 heterocycles. The van der Waals surface area contributed by atoms with Gasteiger partial charge in [-0.05, 0) is 34.5 Å². The summed E-state index contributed by atoms with van der Waals surface area (Å²) >= 11 is 3.34. The maximum Gasteiger partial charge on any atom is 0.163 e. The lowest BCUT2D eigenvalue weighted by molar-refractivity contribution is 1.34. The number of allylic oxidation sites excluding steroid dienone is 2. The topological polar surface area (TPSA) is 83.4 Å². The van der Waals surface area contributed by atoms with Crippen molar-refractivity contribution in [1.82, 2.24) is 0 Å². The molecule has 82 valence electrons. The molecule has 0 aliphatic rings. The predicted octanol–water partition coefficient (Wildman–Crippen LogP) is 2.99. The van der Waals surface area contributed by atoms with Gasteiger partial charge < -0.3 is 5.32 Å². The zero-order valence-electron chi connectivity index (χ0n) is 8.95. The van der Waals surface area contributed by atoms with Crippen molar-refractivity contribution in [2.24, 2.45) is 0 Å². The van der Waals surface area contributed by atoms with E-state index in [0.717, 1.165) is 10.0 Å². The van der Waals surface area contributed by atoms with Crippen LogP contribution in [0.4, 0.5) is 5.69 Å². The first kappa shape index (κ1) is 12.8. The number of aryl methyl sites for hydroxylation is 1. The summed E-state index contributed by atoms with van der Waals surface area (Å²) in [5.74, 6) is 0. The first-order valence-corrected chi connectivity index (χ1v) is 5.40. The Morgan fingerprint density at radius 2 is 1.82 bits per heavy atom. The molecule has 0 aliphatic heterocycles. The molecule has 0 spiro atoms. The first-order valence-electron chi connectivity index (χ1n) is 4.60. The van der Waals surface area contributed by atoms with Crippen LogP contribution in [0.3, 0.4) is 0 Å². The highest BCUT2D eigenvalue weighted by Crippen LogP contribution is 2.27. The van der Waals surface area contributed by atoms with Gasteiger partial charge in [0.15, 0.2) is 5.57 Å². The molecular weight excluding hydrogens is 280 g/mol. The van der Waals surface area contributed by atoms with E-state index >= 15 is 0 Å². The number of hydrogen-bond donors (Lipinski definition) is 1. The van der Waals surface area contributed by atoms with Gasteiger partial charge in [0.2, 0.25) is 0 Å². The molecule has 4 nitrogen and oxygen atoms in total. The molecule has 0 saturated carbocycles. The summed E-state index contributed by atoms with van der Waals surface area (Å²) < 4.78 is 0.764. The summed E-state index contributed by atoms with van der Waals surface area (Å²) in [5.41, 5.74) is 1.29. The zero-order valence-corrected chi connectivity index (χ0v) is 10.5. The third-order valence-electron chi connectivity index (χ3n) is 2.06. The van der Waals surface area contributed by atoms with Crippen molar-refractivity contribution in [1.29, 1.82) is 15.8 Å². The van der Waals surface area contributed by atoms with E-state index in [1.165, 1.54) is 0 Å². The molecule has 0 atom stereocenters. The fourth-order valence-electron chi connectivity index (χ4n) is 1.20.